The number of esters is 3. The zero-order valence-corrected chi connectivity index (χ0v) is 26.4. The largest absolute Gasteiger partial charge is 0.458 e. The minimum atomic E-state index is -0.858. The van der Waals surface area contributed by atoms with Crippen LogP contribution in [0.5, 0.6) is 0 Å². The quantitative estimate of drug-likeness (QED) is 0.234. The van der Waals surface area contributed by atoms with Gasteiger partial charge in [-0.3, -0.25) is 14.4 Å². The van der Waals surface area contributed by atoms with Crippen LogP contribution in [0.15, 0.2) is 0 Å². The van der Waals surface area contributed by atoms with E-state index >= 15 is 0 Å². The second-order valence-electron chi connectivity index (χ2n) is 17.8. The summed E-state index contributed by atoms with van der Waals surface area (Å²) >= 11 is 0. The van der Waals surface area contributed by atoms with Gasteiger partial charge in [0.1, 0.15) is 17.8 Å². The summed E-state index contributed by atoms with van der Waals surface area (Å²) in [5, 5.41) is 0. The van der Waals surface area contributed by atoms with Gasteiger partial charge in [0.2, 0.25) is 0 Å². The highest BCUT2D eigenvalue weighted by atomic mass is 16.6. The van der Waals surface area contributed by atoms with Gasteiger partial charge < -0.3 is 14.2 Å². The number of fused-ring (bicyclic) bond motifs is 3. The maximum absolute atomic E-state index is 14.6. The Balaban J connectivity index is 1.03. The van der Waals surface area contributed by atoms with Crippen molar-refractivity contribution in [1.82, 2.24) is 0 Å². The first kappa shape index (κ1) is 27.9. The second kappa shape index (κ2) is 9.22. The van der Waals surface area contributed by atoms with Crippen LogP contribution >= 0.6 is 0 Å². The maximum atomic E-state index is 14.6. The molecule has 10 unspecified atom stereocenters. The smallest absolute Gasteiger partial charge is 0.312 e. The number of carbonyl (C=O) groups excluding carboxylic acids is 3. The minimum absolute atomic E-state index is 0.00343. The molecular formula is C36H52O6. The molecule has 0 spiro atoms. The summed E-state index contributed by atoms with van der Waals surface area (Å²) in [5.41, 5.74) is -2.00. The molecule has 9 rings (SSSR count). The van der Waals surface area contributed by atoms with Gasteiger partial charge in [0.05, 0.1) is 16.7 Å². The van der Waals surface area contributed by atoms with Crippen molar-refractivity contribution in [1.29, 1.82) is 0 Å². The molecule has 9 aliphatic rings. The van der Waals surface area contributed by atoms with Crippen molar-refractivity contribution in [3.05, 3.63) is 0 Å². The molecule has 0 amide bonds. The first-order valence-corrected chi connectivity index (χ1v) is 17.5. The third-order valence-electron chi connectivity index (χ3n) is 14.8. The van der Waals surface area contributed by atoms with Gasteiger partial charge in [-0.25, -0.2) is 0 Å². The van der Waals surface area contributed by atoms with Gasteiger partial charge in [0.25, 0.3) is 0 Å². The second-order valence-corrected chi connectivity index (χ2v) is 17.8. The van der Waals surface area contributed by atoms with E-state index in [1.54, 1.807) is 0 Å². The lowest BCUT2D eigenvalue weighted by Crippen LogP contribution is -2.59. The zero-order valence-electron chi connectivity index (χ0n) is 26.4. The van der Waals surface area contributed by atoms with Gasteiger partial charge >= 0.3 is 17.9 Å². The van der Waals surface area contributed by atoms with Crippen LogP contribution in [0, 0.1) is 75.9 Å². The summed E-state index contributed by atoms with van der Waals surface area (Å²) in [7, 11) is 0. The van der Waals surface area contributed by atoms with E-state index in [0.717, 1.165) is 37.0 Å². The lowest BCUT2D eigenvalue weighted by Gasteiger charge is -2.59. The Kier molecular flexibility index (Phi) is 6.13. The lowest BCUT2D eigenvalue weighted by atomic mass is 9.50. The Hall–Kier alpha value is -1.59. The summed E-state index contributed by atoms with van der Waals surface area (Å²) < 4.78 is 18.7. The molecule has 8 bridgehead atoms. The van der Waals surface area contributed by atoms with Gasteiger partial charge in [-0.2, -0.15) is 0 Å². The van der Waals surface area contributed by atoms with Gasteiger partial charge in [0.15, 0.2) is 0 Å². The summed E-state index contributed by atoms with van der Waals surface area (Å²) in [6.07, 6.45) is 12.3. The molecule has 232 valence electrons. The fraction of sp³-hybridized carbons (Fsp3) is 0.917. The van der Waals surface area contributed by atoms with Crippen LogP contribution in [-0.2, 0) is 28.6 Å². The van der Waals surface area contributed by atoms with Crippen molar-refractivity contribution in [2.75, 3.05) is 0 Å². The highest BCUT2D eigenvalue weighted by Gasteiger charge is 2.64. The third-order valence-corrected chi connectivity index (χ3v) is 14.8. The van der Waals surface area contributed by atoms with E-state index in [2.05, 4.69) is 20.8 Å². The molecule has 0 aromatic carbocycles. The number of ether oxygens (including phenoxy) is 3. The van der Waals surface area contributed by atoms with Crippen LogP contribution in [0.25, 0.3) is 0 Å². The highest BCUT2D eigenvalue weighted by molar-refractivity contribution is 5.81. The standard InChI is InChI=1S/C36H52O6/c1-18-21-6-7-22(13-21)28(18)16-35(4,33(39)42-36(5)24-9-19-8-20(11-24)12-25(36)10-19)17-34(2,3)32(38)41-29-23-14-26-27(15-23)31(37)40-30(26)29/h18-30H,6-17H2,1-5H3. The Morgan fingerprint density at radius 2 is 1.55 bits per heavy atom. The first-order chi connectivity index (χ1) is 19.8. The van der Waals surface area contributed by atoms with Crippen LogP contribution in [0.4, 0.5) is 0 Å². The SMILES string of the molecule is CC1C2CCC(C2)C1CC(C)(CC(C)(C)C(=O)OC1C2CC3C(=O)OC1C3C2)C(=O)OC1(C)C2CC3CC(C2)CC1C3. The predicted octanol–water partition coefficient (Wildman–Crippen LogP) is 6.73. The Bertz CT molecular complexity index is 1140. The van der Waals surface area contributed by atoms with Crippen molar-refractivity contribution in [2.24, 2.45) is 75.9 Å². The monoisotopic (exact) mass is 580 g/mol. The fourth-order valence-electron chi connectivity index (χ4n) is 12.8. The number of hydrogen-bond donors (Lipinski definition) is 0. The van der Waals surface area contributed by atoms with Crippen LogP contribution in [0.3, 0.4) is 0 Å². The van der Waals surface area contributed by atoms with E-state index in [1.807, 2.05) is 13.8 Å². The van der Waals surface area contributed by atoms with Crippen molar-refractivity contribution < 1.29 is 28.6 Å². The summed E-state index contributed by atoms with van der Waals surface area (Å²) in [4.78, 5) is 40.8. The van der Waals surface area contributed by atoms with Crippen molar-refractivity contribution in [3.63, 3.8) is 0 Å². The summed E-state index contributed by atoms with van der Waals surface area (Å²) in [6, 6.07) is 0. The average Bonchev–Trinajstić information content (AvgIpc) is 3.72. The normalized spacial score (nSPS) is 50.7. The highest BCUT2D eigenvalue weighted by Crippen LogP contribution is 2.61. The molecule has 8 saturated carbocycles. The number of carbonyl (C=O) groups is 3. The first-order valence-electron chi connectivity index (χ1n) is 17.5. The Morgan fingerprint density at radius 3 is 2.19 bits per heavy atom. The van der Waals surface area contributed by atoms with E-state index in [-0.39, 0.29) is 53.5 Å². The molecule has 6 nitrogen and oxygen atoms in total. The number of hydrogen-bond acceptors (Lipinski definition) is 6. The van der Waals surface area contributed by atoms with Crippen LogP contribution in [0.2, 0.25) is 0 Å². The van der Waals surface area contributed by atoms with Gasteiger partial charge in [-0.05, 0) is 152 Å². The summed E-state index contributed by atoms with van der Waals surface area (Å²) in [6.45, 7) is 10.6. The van der Waals surface area contributed by atoms with E-state index in [9.17, 15) is 14.4 Å². The summed E-state index contributed by atoms with van der Waals surface area (Å²) in [5.74, 6) is 5.08. The molecule has 8 aliphatic carbocycles. The molecule has 9 fully saturated rings. The van der Waals surface area contributed by atoms with Crippen LogP contribution in [-0.4, -0.2) is 35.7 Å². The van der Waals surface area contributed by atoms with E-state index in [1.165, 1.54) is 51.4 Å². The topological polar surface area (TPSA) is 78.9 Å². The molecule has 0 radical (unpaired) electrons. The van der Waals surface area contributed by atoms with Gasteiger partial charge in [-0.1, -0.05) is 6.92 Å². The molecule has 1 aliphatic heterocycles. The molecule has 6 heteroatoms. The predicted molar refractivity (Wildman–Crippen MR) is 156 cm³/mol. The van der Waals surface area contributed by atoms with Crippen LogP contribution in [0.1, 0.15) is 112 Å². The molecule has 0 aromatic heterocycles. The molecule has 1 heterocycles. The molecule has 0 aromatic rings. The zero-order chi connectivity index (χ0) is 29.3. The Labute approximate surface area is 251 Å². The van der Waals surface area contributed by atoms with Gasteiger partial charge in [-0.15, -0.1) is 0 Å². The number of rotatable bonds is 8. The van der Waals surface area contributed by atoms with Crippen molar-refractivity contribution in [3.8, 4) is 0 Å². The van der Waals surface area contributed by atoms with Crippen molar-refractivity contribution >= 4 is 17.9 Å². The third kappa shape index (κ3) is 4.04. The van der Waals surface area contributed by atoms with E-state index < -0.39 is 10.8 Å². The molecule has 42 heavy (non-hydrogen) atoms. The molecule has 10 atom stereocenters. The van der Waals surface area contributed by atoms with E-state index in [4.69, 9.17) is 14.2 Å². The fourth-order valence-corrected chi connectivity index (χ4v) is 12.8. The molecule has 1 saturated heterocycles. The molecule has 0 N–H and O–H groups in total. The van der Waals surface area contributed by atoms with Crippen LogP contribution < -0.4 is 0 Å². The lowest BCUT2D eigenvalue weighted by molar-refractivity contribution is -0.215. The minimum Gasteiger partial charge on any atom is -0.458 e. The van der Waals surface area contributed by atoms with E-state index in [0.29, 0.717) is 36.0 Å². The maximum Gasteiger partial charge on any atom is 0.312 e. The average molecular weight is 581 g/mol. The Morgan fingerprint density at radius 1 is 0.881 bits per heavy atom. The molecular weight excluding hydrogens is 528 g/mol. The van der Waals surface area contributed by atoms with Gasteiger partial charge in [0, 0.05) is 11.8 Å². The van der Waals surface area contributed by atoms with Crippen molar-refractivity contribution in [2.45, 2.75) is 129 Å².